The third-order valence-corrected chi connectivity index (χ3v) is 3.26. The summed E-state index contributed by atoms with van der Waals surface area (Å²) in [6.07, 6.45) is -9.55. The van der Waals surface area contributed by atoms with Gasteiger partial charge in [0.05, 0.1) is 0 Å². The second-order valence-electron chi connectivity index (χ2n) is 6.58. The monoisotopic (exact) mass is 405 g/mol. The zero-order chi connectivity index (χ0) is 20.8. The van der Waals surface area contributed by atoms with E-state index in [0.29, 0.717) is 4.90 Å². The average Bonchev–Trinajstić information content (AvgIpc) is 2.32. The molecular weight excluding hydrogens is 389 g/mol. The topological polar surface area (TPSA) is 38.8 Å². The van der Waals surface area contributed by atoms with E-state index in [-0.39, 0.29) is 13.0 Å². The van der Waals surface area contributed by atoms with Gasteiger partial charge in [-0.25, -0.2) is 4.79 Å². The van der Waals surface area contributed by atoms with Crippen LogP contribution in [0.1, 0.15) is 27.2 Å². The number of amides is 1. The van der Waals surface area contributed by atoms with Gasteiger partial charge in [0, 0.05) is 13.0 Å². The van der Waals surface area contributed by atoms with Crippen LogP contribution in [0.2, 0.25) is 0 Å². The van der Waals surface area contributed by atoms with Crippen LogP contribution in [0.5, 0.6) is 0 Å². The molecule has 0 aromatic carbocycles. The number of carbonyl (C=O) groups is 1. The summed E-state index contributed by atoms with van der Waals surface area (Å²) in [5.41, 5.74) is -0.969. The van der Waals surface area contributed by atoms with Crippen molar-refractivity contribution >= 4 is 6.09 Å². The van der Waals surface area contributed by atoms with E-state index in [1.165, 1.54) is 20.8 Å². The lowest BCUT2D eigenvalue weighted by atomic mass is 10.0. The van der Waals surface area contributed by atoms with Crippen LogP contribution < -0.4 is 0 Å². The van der Waals surface area contributed by atoms with Crippen LogP contribution in [0.25, 0.3) is 0 Å². The highest BCUT2D eigenvalue weighted by Gasteiger charge is 2.81. The third kappa shape index (κ3) is 4.29. The first-order chi connectivity index (χ1) is 11.3. The van der Waals surface area contributed by atoms with Crippen molar-refractivity contribution in [3.05, 3.63) is 0 Å². The highest BCUT2D eigenvalue weighted by atomic mass is 19.4. The number of likely N-dealkylation sites (tertiary alicyclic amines) is 1. The molecule has 0 aromatic rings. The second kappa shape index (κ2) is 6.64. The SMILES string of the molecule is CC(C)(C)OC(=O)N1CCC1OCC(F)(F)C(F)(F)C(F)(F)C(F)(F)F. The zero-order valence-corrected chi connectivity index (χ0v) is 13.8. The number of ether oxygens (including phenoxy) is 2. The average molecular weight is 405 g/mol. The Morgan fingerprint density at radius 2 is 1.46 bits per heavy atom. The van der Waals surface area contributed by atoms with Gasteiger partial charge in [-0.05, 0) is 20.8 Å². The summed E-state index contributed by atoms with van der Waals surface area (Å²) in [6.45, 7) is 1.94. The minimum absolute atomic E-state index is 0.0553. The highest BCUT2D eigenvalue weighted by molar-refractivity contribution is 5.69. The zero-order valence-electron chi connectivity index (χ0n) is 13.8. The maximum absolute atomic E-state index is 13.4. The molecular formula is C13H16F9NO3. The van der Waals surface area contributed by atoms with Gasteiger partial charge in [-0.2, -0.15) is 39.5 Å². The van der Waals surface area contributed by atoms with E-state index in [1.807, 2.05) is 0 Å². The van der Waals surface area contributed by atoms with Crippen molar-refractivity contribution in [2.75, 3.05) is 13.2 Å². The number of nitrogens with zero attached hydrogens (tertiary/aromatic N) is 1. The van der Waals surface area contributed by atoms with E-state index < -0.39 is 48.5 Å². The van der Waals surface area contributed by atoms with E-state index in [4.69, 9.17) is 4.74 Å². The van der Waals surface area contributed by atoms with Gasteiger partial charge in [0.1, 0.15) is 18.4 Å². The minimum atomic E-state index is -6.97. The summed E-state index contributed by atoms with van der Waals surface area (Å²) in [6, 6.07) is 0. The molecule has 154 valence electrons. The fraction of sp³-hybridized carbons (Fsp3) is 0.923. The van der Waals surface area contributed by atoms with Crippen molar-refractivity contribution in [2.45, 2.75) is 63.0 Å². The van der Waals surface area contributed by atoms with E-state index in [1.54, 1.807) is 0 Å². The Morgan fingerprint density at radius 3 is 1.81 bits per heavy atom. The lowest BCUT2D eigenvalue weighted by Crippen LogP contribution is -2.63. The van der Waals surface area contributed by atoms with Crippen LogP contribution in [0, 0.1) is 0 Å². The molecule has 26 heavy (non-hydrogen) atoms. The van der Waals surface area contributed by atoms with E-state index in [9.17, 15) is 44.3 Å². The van der Waals surface area contributed by atoms with Crippen LogP contribution in [0.3, 0.4) is 0 Å². The van der Waals surface area contributed by atoms with Crippen LogP contribution in [-0.2, 0) is 9.47 Å². The van der Waals surface area contributed by atoms with Crippen LogP contribution in [-0.4, -0.2) is 59.9 Å². The molecule has 0 radical (unpaired) electrons. The van der Waals surface area contributed by atoms with Crippen LogP contribution in [0.4, 0.5) is 44.3 Å². The Labute approximate surface area is 142 Å². The number of hydrogen-bond donors (Lipinski definition) is 0. The molecule has 0 bridgehead atoms. The van der Waals surface area contributed by atoms with Gasteiger partial charge < -0.3 is 9.47 Å². The smallest absolute Gasteiger partial charge is 0.444 e. The summed E-state index contributed by atoms with van der Waals surface area (Å²) in [5, 5.41) is 0. The normalized spacial score (nSPS) is 20.0. The van der Waals surface area contributed by atoms with Gasteiger partial charge >= 0.3 is 30.0 Å². The Balaban J connectivity index is 2.78. The lowest BCUT2D eigenvalue weighted by Gasteiger charge is -2.42. The number of carbonyl (C=O) groups excluding carboxylic acids is 1. The number of alkyl halides is 9. The molecule has 13 heteroatoms. The van der Waals surface area contributed by atoms with Gasteiger partial charge in [0.15, 0.2) is 0 Å². The van der Waals surface area contributed by atoms with Crippen LogP contribution >= 0.6 is 0 Å². The summed E-state index contributed by atoms with van der Waals surface area (Å²) in [7, 11) is 0. The fourth-order valence-corrected chi connectivity index (χ4v) is 1.77. The molecule has 0 saturated carbocycles. The Kier molecular flexibility index (Phi) is 5.78. The minimum Gasteiger partial charge on any atom is -0.444 e. The van der Waals surface area contributed by atoms with Gasteiger partial charge in [0.25, 0.3) is 0 Å². The molecule has 1 aliphatic rings. The largest absolute Gasteiger partial charge is 0.460 e. The van der Waals surface area contributed by atoms with Crippen molar-refractivity contribution in [3.8, 4) is 0 Å². The van der Waals surface area contributed by atoms with Crippen molar-refractivity contribution in [3.63, 3.8) is 0 Å². The molecule has 1 heterocycles. The molecule has 1 aliphatic heterocycles. The molecule has 1 amide bonds. The fourth-order valence-electron chi connectivity index (χ4n) is 1.77. The predicted molar refractivity (Wildman–Crippen MR) is 68.2 cm³/mol. The molecule has 0 spiro atoms. The third-order valence-electron chi connectivity index (χ3n) is 3.26. The van der Waals surface area contributed by atoms with Crippen molar-refractivity contribution in [1.29, 1.82) is 0 Å². The maximum Gasteiger partial charge on any atom is 0.460 e. The van der Waals surface area contributed by atoms with Gasteiger partial charge in [-0.1, -0.05) is 0 Å². The number of hydrogen-bond acceptors (Lipinski definition) is 3. The quantitative estimate of drug-likeness (QED) is 0.635. The molecule has 1 atom stereocenters. The van der Waals surface area contributed by atoms with Crippen molar-refractivity contribution in [2.24, 2.45) is 0 Å². The van der Waals surface area contributed by atoms with Crippen molar-refractivity contribution in [1.82, 2.24) is 4.90 Å². The summed E-state index contributed by atoms with van der Waals surface area (Å²) < 4.78 is 124. The highest BCUT2D eigenvalue weighted by Crippen LogP contribution is 2.53. The molecule has 0 aromatic heterocycles. The lowest BCUT2D eigenvalue weighted by molar-refractivity contribution is -0.401. The molecule has 0 aliphatic carbocycles. The van der Waals surface area contributed by atoms with E-state index in [2.05, 4.69) is 4.74 Å². The Morgan fingerprint density at radius 1 is 0.962 bits per heavy atom. The summed E-state index contributed by atoms with van der Waals surface area (Å²) >= 11 is 0. The van der Waals surface area contributed by atoms with E-state index in [0.717, 1.165) is 0 Å². The maximum atomic E-state index is 13.4. The Hall–Kier alpha value is -1.40. The summed E-state index contributed by atoms with van der Waals surface area (Å²) in [5.74, 6) is -19.6. The van der Waals surface area contributed by atoms with Crippen LogP contribution in [0.15, 0.2) is 0 Å². The molecule has 1 saturated heterocycles. The number of halogens is 9. The first-order valence-corrected chi connectivity index (χ1v) is 7.15. The van der Waals surface area contributed by atoms with E-state index >= 15 is 0 Å². The first kappa shape index (κ1) is 22.6. The first-order valence-electron chi connectivity index (χ1n) is 7.15. The number of rotatable bonds is 5. The predicted octanol–water partition coefficient (Wildman–Crippen LogP) is 4.44. The van der Waals surface area contributed by atoms with Gasteiger partial charge in [0.2, 0.25) is 0 Å². The molecule has 1 fully saturated rings. The Bertz CT molecular complexity index is 528. The second-order valence-corrected chi connectivity index (χ2v) is 6.58. The van der Waals surface area contributed by atoms with Gasteiger partial charge in [-0.3, -0.25) is 4.90 Å². The molecule has 0 N–H and O–H groups in total. The summed E-state index contributed by atoms with van der Waals surface area (Å²) in [4.78, 5) is 12.4. The van der Waals surface area contributed by atoms with Crippen molar-refractivity contribution < 1.29 is 53.8 Å². The molecule has 4 nitrogen and oxygen atoms in total. The molecule has 1 rings (SSSR count). The standard InChI is InChI=1S/C13H16F9NO3/c1-9(2,3)26-8(24)23-5-4-7(23)25-6-10(14,15)11(16,17)12(18,19)13(20,21)22/h7H,4-6H2,1-3H3. The molecule has 1 unspecified atom stereocenters. The van der Waals surface area contributed by atoms with Gasteiger partial charge in [-0.15, -0.1) is 0 Å².